The Bertz CT molecular complexity index is 807. The second-order valence-electron chi connectivity index (χ2n) is 5.46. The maximum atomic E-state index is 11.8. The predicted molar refractivity (Wildman–Crippen MR) is 96.2 cm³/mol. The zero-order valence-electron chi connectivity index (χ0n) is 14.6. The van der Waals surface area contributed by atoms with Gasteiger partial charge in [-0.15, -0.1) is 0 Å². The van der Waals surface area contributed by atoms with Crippen LogP contribution in [0.1, 0.15) is 12.0 Å². The van der Waals surface area contributed by atoms with Crippen molar-refractivity contribution in [2.75, 3.05) is 13.7 Å². The maximum absolute atomic E-state index is 11.8. The molecule has 0 saturated carbocycles. The number of carbonyl (C=O) groups is 2. The summed E-state index contributed by atoms with van der Waals surface area (Å²) in [4.78, 5) is 33.8. The summed E-state index contributed by atoms with van der Waals surface area (Å²) in [7, 11) is 1.57. The van der Waals surface area contributed by atoms with Crippen molar-refractivity contribution in [2.45, 2.75) is 12.8 Å². The minimum absolute atomic E-state index is 0.0246. The average Bonchev–Trinajstić information content (AvgIpc) is 2.69. The van der Waals surface area contributed by atoms with E-state index in [1.807, 2.05) is 12.1 Å². The quantitative estimate of drug-likeness (QED) is 0.537. The highest BCUT2D eigenvalue weighted by atomic mass is 16.6. The molecule has 0 radical (unpaired) electrons. The number of carbonyl (C=O) groups excluding carboxylic acids is 2. The van der Waals surface area contributed by atoms with Gasteiger partial charge in [0.25, 0.3) is 5.91 Å². The molecule has 2 rings (SSSR count). The number of ether oxygens (including phenoxy) is 2. The molecule has 9 nitrogen and oxygen atoms in total. The molecule has 142 valence electrons. The summed E-state index contributed by atoms with van der Waals surface area (Å²) in [5.74, 6) is -0.298. The molecule has 0 unspecified atom stereocenters. The molecule has 9 heteroatoms. The molecule has 0 aliphatic heterocycles. The van der Waals surface area contributed by atoms with Gasteiger partial charge in [-0.05, 0) is 30.2 Å². The van der Waals surface area contributed by atoms with Crippen LogP contribution in [0.5, 0.6) is 11.5 Å². The largest absolute Gasteiger partial charge is 0.497 e. The summed E-state index contributed by atoms with van der Waals surface area (Å²) in [5.41, 5.74) is 5.19. The number of methoxy groups -OCH3 is 1. The van der Waals surface area contributed by atoms with Crippen LogP contribution in [0.2, 0.25) is 0 Å². The predicted octanol–water partition coefficient (Wildman–Crippen LogP) is 1.76. The van der Waals surface area contributed by atoms with Gasteiger partial charge in [-0.2, -0.15) is 0 Å². The molecule has 2 aromatic carbocycles. The first-order valence-corrected chi connectivity index (χ1v) is 8.06. The number of nitrogens with zero attached hydrogens (tertiary/aromatic N) is 1. The van der Waals surface area contributed by atoms with Gasteiger partial charge in [-0.25, -0.2) is 0 Å². The third-order valence-corrected chi connectivity index (χ3v) is 3.56. The van der Waals surface area contributed by atoms with Gasteiger partial charge in [0.1, 0.15) is 5.75 Å². The Morgan fingerprint density at radius 1 is 1.04 bits per heavy atom. The van der Waals surface area contributed by atoms with Crippen LogP contribution in [0, 0.1) is 10.1 Å². The number of nitro benzene ring substituents is 1. The van der Waals surface area contributed by atoms with Gasteiger partial charge in [-0.3, -0.25) is 30.6 Å². The molecular formula is C18H19N3O6. The van der Waals surface area contributed by atoms with E-state index in [0.717, 1.165) is 11.3 Å². The standard InChI is InChI=1S/C18H19N3O6/c1-26-14-9-6-13(7-10-14)8-11-17(22)19-20-18(23)12-27-16-5-3-2-4-15(16)21(24)25/h2-7,9-10H,8,11-12H2,1H3,(H,19,22)(H,20,23). The van der Waals surface area contributed by atoms with Crippen LogP contribution in [0.15, 0.2) is 48.5 Å². The van der Waals surface area contributed by atoms with Crippen molar-refractivity contribution in [2.24, 2.45) is 0 Å². The number of hydrogen-bond donors (Lipinski definition) is 2. The number of hydrazine groups is 1. The van der Waals surface area contributed by atoms with Crippen molar-refractivity contribution < 1.29 is 24.0 Å². The van der Waals surface area contributed by atoms with Crippen molar-refractivity contribution in [3.05, 3.63) is 64.2 Å². The van der Waals surface area contributed by atoms with Crippen molar-refractivity contribution in [1.82, 2.24) is 10.9 Å². The van der Waals surface area contributed by atoms with Gasteiger partial charge in [0, 0.05) is 12.5 Å². The van der Waals surface area contributed by atoms with Crippen LogP contribution in [-0.2, 0) is 16.0 Å². The van der Waals surface area contributed by atoms with Crippen LogP contribution < -0.4 is 20.3 Å². The molecule has 27 heavy (non-hydrogen) atoms. The van der Waals surface area contributed by atoms with E-state index >= 15 is 0 Å². The van der Waals surface area contributed by atoms with Gasteiger partial charge in [0.2, 0.25) is 5.91 Å². The smallest absolute Gasteiger partial charge is 0.310 e. The van der Waals surface area contributed by atoms with E-state index in [2.05, 4.69) is 10.9 Å². The molecule has 0 atom stereocenters. The fourth-order valence-corrected chi connectivity index (χ4v) is 2.16. The van der Waals surface area contributed by atoms with E-state index in [0.29, 0.717) is 6.42 Å². The molecule has 0 fully saturated rings. The van der Waals surface area contributed by atoms with E-state index in [-0.39, 0.29) is 23.8 Å². The lowest BCUT2D eigenvalue weighted by Crippen LogP contribution is -2.43. The van der Waals surface area contributed by atoms with Gasteiger partial charge in [0.15, 0.2) is 12.4 Å². The molecular weight excluding hydrogens is 354 g/mol. The highest BCUT2D eigenvalue weighted by Gasteiger charge is 2.15. The molecule has 0 aliphatic carbocycles. The monoisotopic (exact) mass is 373 g/mol. The van der Waals surface area contributed by atoms with Crippen molar-refractivity contribution in [3.63, 3.8) is 0 Å². The number of rotatable bonds is 8. The summed E-state index contributed by atoms with van der Waals surface area (Å²) < 4.78 is 10.2. The van der Waals surface area contributed by atoms with Gasteiger partial charge < -0.3 is 9.47 Å². The SMILES string of the molecule is COc1ccc(CCC(=O)NNC(=O)COc2ccccc2[N+](=O)[O-])cc1. The Hall–Kier alpha value is -3.62. The van der Waals surface area contributed by atoms with E-state index in [4.69, 9.17) is 9.47 Å². The van der Waals surface area contributed by atoms with Gasteiger partial charge in [-0.1, -0.05) is 24.3 Å². The van der Waals surface area contributed by atoms with Gasteiger partial charge in [0.05, 0.1) is 12.0 Å². The Labute approximate surface area is 155 Å². The Morgan fingerprint density at radius 2 is 1.70 bits per heavy atom. The number of aryl methyl sites for hydroxylation is 1. The maximum Gasteiger partial charge on any atom is 0.310 e. The molecule has 0 bridgehead atoms. The van der Waals surface area contributed by atoms with E-state index in [9.17, 15) is 19.7 Å². The second-order valence-corrected chi connectivity index (χ2v) is 5.46. The highest BCUT2D eigenvalue weighted by Crippen LogP contribution is 2.25. The summed E-state index contributed by atoms with van der Waals surface area (Å²) >= 11 is 0. The Kier molecular flexibility index (Phi) is 7.12. The first-order chi connectivity index (χ1) is 13.0. The summed E-state index contributed by atoms with van der Waals surface area (Å²) in [6.07, 6.45) is 0.677. The van der Waals surface area contributed by atoms with Crippen molar-refractivity contribution in [1.29, 1.82) is 0 Å². The molecule has 0 aromatic heterocycles. The lowest BCUT2D eigenvalue weighted by atomic mass is 10.1. The molecule has 0 spiro atoms. The normalized spacial score (nSPS) is 9.96. The molecule has 2 N–H and O–H groups in total. The number of amides is 2. The number of hydrogen-bond acceptors (Lipinski definition) is 6. The van der Waals surface area contributed by atoms with Crippen LogP contribution in [0.25, 0.3) is 0 Å². The minimum Gasteiger partial charge on any atom is -0.497 e. The second kappa shape index (κ2) is 9.76. The number of nitro groups is 1. The number of benzene rings is 2. The third-order valence-electron chi connectivity index (χ3n) is 3.56. The minimum atomic E-state index is -0.633. The lowest BCUT2D eigenvalue weighted by Gasteiger charge is -2.09. The molecule has 2 amide bonds. The first-order valence-electron chi connectivity index (χ1n) is 8.06. The van der Waals surface area contributed by atoms with Crippen molar-refractivity contribution in [3.8, 4) is 11.5 Å². The number of nitrogens with one attached hydrogen (secondary N) is 2. The van der Waals surface area contributed by atoms with Crippen molar-refractivity contribution >= 4 is 17.5 Å². The zero-order valence-corrected chi connectivity index (χ0v) is 14.6. The fraction of sp³-hybridized carbons (Fsp3) is 0.222. The molecule has 0 aliphatic rings. The van der Waals surface area contributed by atoms with Gasteiger partial charge >= 0.3 is 5.69 Å². The van der Waals surface area contributed by atoms with Crippen LogP contribution >= 0.6 is 0 Å². The van der Waals surface area contributed by atoms with Crippen LogP contribution in [0.3, 0.4) is 0 Å². The van der Waals surface area contributed by atoms with Crippen LogP contribution in [-0.4, -0.2) is 30.5 Å². The Balaban J connectivity index is 1.71. The third kappa shape index (κ3) is 6.31. The van der Waals surface area contributed by atoms with E-state index < -0.39 is 17.4 Å². The summed E-state index contributed by atoms with van der Waals surface area (Å²) in [6.45, 7) is -0.469. The Morgan fingerprint density at radius 3 is 2.37 bits per heavy atom. The summed E-state index contributed by atoms with van der Waals surface area (Å²) in [5, 5.41) is 10.9. The average molecular weight is 373 g/mol. The van der Waals surface area contributed by atoms with Crippen LogP contribution in [0.4, 0.5) is 5.69 Å². The zero-order chi connectivity index (χ0) is 19.6. The highest BCUT2D eigenvalue weighted by molar-refractivity contribution is 5.82. The number of para-hydroxylation sites is 2. The summed E-state index contributed by atoms with van der Waals surface area (Å²) in [6, 6.07) is 13.0. The molecule has 2 aromatic rings. The lowest BCUT2D eigenvalue weighted by molar-refractivity contribution is -0.385. The molecule has 0 saturated heterocycles. The topological polar surface area (TPSA) is 120 Å². The fourth-order valence-electron chi connectivity index (χ4n) is 2.16. The van der Waals surface area contributed by atoms with E-state index in [1.165, 1.54) is 18.2 Å². The van der Waals surface area contributed by atoms with E-state index in [1.54, 1.807) is 25.3 Å². The first kappa shape index (κ1) is 19.7. The molecule has 0 heterocycles.